The second kappa shape index (κ2) is 11.5. The van der Waals surface area contributed by atoms with E-state index in [9.17, 15) is 14.4 Å². The molecule has 2 aromatic rings. The summed E-state index contributed by atoms with van der Waals surface area (Å²) in [5.41, 5.74) is 7.89. The highest BCUT2D eigenvalue weighted by Gasteiger charge is 2.41. The molecule has 38 heavy (non-hydrogen) atoms. The third-order valence-corrected chi connectivity index (χ3v) is 7.88. The lowest BCUT2D eigenvalue weighted by atomic mass is 9.95. The van der Waals surface area contributed by atoms with Gasteiger partial charge in [0.15, 0.2) is 0 Å². The number of hydrogen-bond acceptors (Lipinski definition) is 8. The molecule has 2 aliphatic heterocycles. The Morgan fingerprint density at radius 3 is 2.63 bits per heavy atom. The maximum absolute atomic E-state index is 13.0. The van der Waals surface area contributed by atoms with E-state index in [1.807, 2.05) is 24.3 Å². The number of para-hydroxylation sites is 2. The van der Waals surface area contributed by atoms with Crippen molar-refractivity contribution in [3.8, 4) is 5.88 Å². The summed E-state index contributed by atoms with van der Waals surface area (Å²) in [4.78, 5) is 48.7. The fourth-order valence-corrected chi connectivity index (χ4v) is 5.95. The molecule has 3 N–H and O–H groups in total. The number of nitrogens with one attached hydrogen (secondary N) is 1. The number of carbonyl (C=O) groups is 3. The number of ether oxygens (including phenoxy) is 3. The van der Waals surface area contributed by atoms with E-state index in [1.54, 1.807) is 7.11 Å². The summed E-state index contributed by atoms with van der Waals surface area (Å²) in [6.45, 7) is -0.154. The maximum Gasteiger partial charge on any atom is 0.407 e. The Morgan fingerprint density at radius 1 is 1.08 bits per heavy atom. The summed E-state index contributed by atoms with van der Waals surface area (Å²) in [7, 11) is 1.69. The van der Waals surface area contributed by atoms with Crippen LogP contribution >= 0.6 is 0 Å². The van der Waals surface area contributed by atoms with Crippen LogP contribution in [0.5, 0.6) is 5.88 Å². The highest BCUT2D eigenvalue weighted by Crippen LogP contribution is 2.35. The number of nitrogens with two attached hydrogens (primary N) is 1. The number of aryl methyl sites for hydroxylation is 1. The number of aromatic nitrogens is 2. The molecule has 1 saturated carbocycles. The molecule has 2 fully saturated rings. The van der Waals surface area contributed by atoms with Gasteiger partial charge in [-0.05, 0) is 44.2 Å². The third kappa shape index (κ3) is 5.67. The van der Waals surface area contributed by atoms with Gasteiger partial charge in [0.25, 0.3) is 0 Å². The van der Waals surface area contributed by atoms with E-state index in [0.29, 0.717) is 17.8 Å². The lowest BCUT2D eigenvalue weighted by molar-refractivity contribution is -0.136. The van der Waals surface area contributed by atoms with Gasteiger partial charge in [-0.3, -0.25) is 9.59 Å². The SMILES string of the molecule is COC1CCC2OC(=O)NCC(=O)N3CC(CC3C(N)=O)Oc3nc4ccccc4nc3CCCCCC12. The zero-order chi connectivity index (χ0) is 26.6. The largest absolute Gasteiger partial charge is 0.471 e. The molecule has 1 saturated heterocycles. The molecule has 5 rings (SSSR count). The highest BCUT2D eigenvalue weighted by molar-refractivity contribution is 5.89. The normalized spacial score (nSPS) is 28.9. The lowest BCUT2D eigenvalue weighted by Gasteiger charge is -2.25. The monoisotopic (exact) mass is 525 g/mol. The van der Waals surface area contributed by atoms with E-state index >= 15 is 0 Å². The molecule has 5 unspecified atom stereocenters. The molecular weight excluding hydrogens is 490 g/mol. The number of benzene rings is 1. The van der Waals surface area contributed by atoms with Gasteiger partial charge in [-0.2, -0.15) is 0 Å². The fraction of sp³-hybridized carbons (Fsp3) is 0.593. The van der Waals surface area contributed by atoms with Gasteiger partial charge in [-0.15, -0.1) is 0 Å². The number of rotatable bonds is 2. The summed E-state index contributed by atoms with van der Waals surface area (Å²) in [5.74, 6) is -0.537. The number of fused-ring (bicyclic) bond motifs is 5. The van der Waals surface area contributed by atoms with Crippen LogP contribution in [-0.4, -0.2) is 77.3 Å². The second-order valence-corrected chi connectivity index (χ2v) is 10.3. The number of primary amides is 1. The lowest BCUT2D eigenvalue weighted by Crippen LogP contribution is -2.48. The Balaban J connectivity index is 1.41. The maximum atomic E-state index is 13.0. The van der Waals surface area contributed by atoms with Gasteiger partial charge in [0.2, 0.25) is 17.7 Å². The van der Waals surface area contributed by atoms with Gasteiger partial charge < -0.3 is 30.2 Å². The third-order valence-electron chi connectivity index (χ3n) is 7.88. The Morgan fingerprint density at radius 2 is 1.87 bits per heavy atom. The predicted octanol–water partition coefficient (Wildman–Crippen LogP) is 2.10. The average Bonchev–Trinajstić information content (AvgIpc) is 3.50. The summed E-state index contributed by atoms with van der Waals surface area (Å²) in [5, 5.41) is 2.55. The van der Waals surface area contributed by atoms with Crippen LogP contribution in [0.2, 0.25) is 0 Å². The molecule has 11 heteroatoms. The minimum atomic E-state index is -0.842. The second-order valence-electron chi connectivity index (χ2n) is 10.3. The first-order chi connectivity index (χ1) is 18.4. The first kappa shape index (κ1) is 26.1. The standard InChI is InChI=1S/C27H35N5O6/c1-36-22-11-12-23-17(22)7-3-2-4-10-20-26(31-19-9-6-5-8-18(19)30-20)37-16-13-21(25(28)34)32(15-16)24(33)14-29-27(35)38-23/h5-6,8-9,16-17,21-23H,2-4,7,10-15H2,1H3,(H2,28,34)(H,29,35). The summed E-state index contributed by atoms with van der Waals surface area (Å²) in [6, 6.07) is 6.78. The average molecular weight is 526 g/mol. The molecular formula is C27H35N5O6. The van der Waals surface area contributed by atoms with Gasteiger partial charge in [0.1, 0.15) is 30.5 Å². The van der Waals surface area contributed by atoms with Crippen LogP contribution in [0.1, 0.15) is 50.6 Å². The zero-order valence-electron chi connectivity index (χ0n) is 21.6. The van der Waals surface area contributed by atoms with Crippen LogP contribution in [0.15, 0.2) is 24.3 Å². The minimum Gasteiger partial charge on any atom is -0.471 e. The summed E-state index contributed by atoms with van der Waals surface area (Å²) < 4.78 is 17.7. The van der Waals surface area contributed by atoms with Gasteiger partial charge in [-0.25, -0.2) is 14.8 Å². The van der Waals surface area contributed by atoms with Crippen molar-refractivity contribution in [2.24, 2.45) is 11.7 Å². The van der Waals surface area contributed by atoms with E-state index < -0.39 is 30.1 Å². The van der Waals surface area contributed by atoms with Gasteiger partial charge in [-0.1, -0.05) is 25.0 Å². The van der Waals surface area contributed by atoms with Crippen molar-refractivity contribution in [3.63, 3.8) is 0 Å². The molecule has 0 radical (unpaired) electrons. The smallest absolute Gasteiger partial charge is 0.407 e. The van der Waals surface area contributed by atoms with E-state index in [4.69, 9.17) is 29.9 Å². The van der Waals surface area contributed by atoms with Crippen molar-refractivity contribution >= 4 is 28.9 Å². The molecule has 0 spiro atoms. The summed E-state index contributed by atoms with van der Waals surface area (Å²) >= 11 is 0. The van der Waals surface area contributed by atoms with Crippen LogP contribution in [0.4, 0.5) is 4.79 Å². The predicted molar refractivity (Wildman–Crippen MR) is 137 cm³/mol. The number of methoxy groups -OCH3 is 1. The van der Waals surface area contributed by atoms with E-state index in [2.05, 4.69) is 5.32 Å². The van der Waals surface area contributed by atoms with Gasteiger partial charge >= 0.3 is 6.09 Å². The van der Waals surface area contributed by atoms with Crippen LogP contribution < -0.4 is 15.8 Å². The van der Waals surface area contributed by atoms with Crippen LogP contribution in [0.25, 0.3) is 11.0 Å². The zero-order valence-corrected chi connectivity index (χ0v) is 21.6. The van der Waals surface area contributed by atoms with E-state index in [-0.39, 0.29) is 37.6 Å². The minimum absolute atomic E-state index is 0.0317. The molecule has 1 aromatic carbocycles. The Hall–Kier alpha value is -3.47. The Bertz CT molecular complexity index is 1190. The molecule has 5 atom stereocenters. The van der Waals surface area contributed by atoms with Crippen LogP contribution in [-0.2, 0) is 25.5 Å². The van der Waals surface area contributed by atoms with Crippen molar-refractivity contribution in [1.82, 2.24) is 20.2 Å². The van der Waals surface area contributed by atoms with Gasteiger partial charge in [0.05, 0.1) is 23.7 Å². The molecule has 3 heterocycles. The molecule has 204 valence electrons. The quantitative estimate of drug-likeness (QED) is 0.606. The molecule has 11 nitrogen and oxygen atoms in total. The number of carbonyl (C=O) groups excluding carboxylic acids is 3. The van der Waals surface area contributed by atoms with Crippen molar-refractivity contribution in [2.75, 3.05) is 20.2 Å². The highest BCUT2D eigenvalue weighted by atomic mass is 16.6. The van der Waals surface area contributed by atoms with Gasteiger partial charge in [0, 0.05) is 19.4 Å². The number of alkyl carbamates (subject to hydrolysis) is 1. The summed E-state index contributed by atoms with van der Waals surface area (Å²) in [6.07, 6.45) is 4.78. The number of hydrogen-bond donors (Lipinski definition) is 2. The Kier molecular flexibility index (Phi) is 7.92. The molecule has 3 aliphatic rings. The molecule has 1 aliphatic carbocycles. The van der Waals surface area contributed by atoms with Crippen molar-refractivity contribution in [2.45, 2.75) is 75.7 Å². The molecule has 2 bridgehead atoms. The van der Waals surface area contributed by atoms with Crippen molar-refractivity contribution in [3.05, 3.63) is 30.0 Å². The van der Waals surface area contributed by atoms with E-state index in [1.165, 1.54) is 4.90 Å². The van der Waals surface area contributed by atoms with Crippen LogP contribution in [0, 0.1) is 5.92 Å². The fourth-order valence-electron chi connectivity index (χ4n) is 5.95. The van der Waals surface area contributed by atoms with Crippen molar-refractivity contribution in [1.29, 1.82) is 0 Å². The first-order valence-electron chi connectivity index (χ1n) is 13.4. The number of nitrogens with zero attached hydrogens (tertiary/aromatic N) is 3. The van der Waals surface area contributed by atoms with E-state index in [0.717, 1.165) is 49.7 Å². The molecule has 1 aromatic heterocycles. The Labute approximate surface area is 221 Å². The van der Waals surface area contributed by atoms with Crippen molar-refractivity contribution < 1.29 is 28.6 Å². The first-order valence-corrected chi connectivity index (χ1v) is 13.4. The number of amides is 3. The molecule has 3 amide bonds. The van der Waals surface area contributed by atoms with Crippen LogP contribution in [0.3, 0.4) is 0 Å². The topological polar surface area (TPSA) is 146 Å².